The standard InChI is InChI=1S/C14H28N2O/c1-11(8-13-5-3-7-15-13)16-10-12-4-2-6-14(17)9-12/h11-17H,2-10H2,1H3. The van der Waals surface area contributed by atoms with Gasteiger partial charge in [0.15, 0.2) is 0 Å². The summed E-state index contributed by atoms with van der Waals surface area (Å²) in [5.74, 6) is 0.692. The second-order valence-corrected chi connectivity index (χ2v) is 6.02. The van der Waals surface area contributed by atoms with Gasteiger partial charge in [-0.3, -0.25) is 0 Å². The van der Waals surface area contributed by atoms with Crippen LogP contribution in [0.4, 0.5) is 0 Å². The van der Waals surface area contributed by atoms with Gasteiger partial charge in [-0.1, -0.05) is 6.42 Å². The molecule has 0 bridgehead atoms. The van der Waals surface area contributed by atoms with E-state index in [0.29, 0.717) is 12.0 Å². The first-order valence-corrected chi connectivity index (χ1v) is 7.39. The third kappa shape index (κ3) is 4.57. The van der Waals surface area contributed by atoms with Gasteiger partial charge >= 0.3 is 0 Å². The Bertz CT molecular complexity index is 216. The predicted octanol–water partition coefficient (Wildman–Crippen LogP) is 1.66. The van der Waals surface area contributed by atoms with Crippen molar-refractivity contribution in [3.05, 3.63) is 0 Å². The van der Waals surface area contributed by atoms with E-state index in [9.17, 15) is 5.11 Å². The van der Waals surface area contributed by atoms with Crippen LogP contribution in [-0.4, -0.2) is 36.4 Å². The normalized spacial score (nSPS) is 36.0. The van der Waals surface area contributed by atoms with Gasteiger partial charge in [0.1, 0.15) is 0 Å². The molecule has 1 aliphatic heterocycles. The lowest BCUT2D eigenvalue weighted by Crippen LogP contribution is -2.37. The van der Waals surface area contributed by atoms with E-state index in [1.807, 2.05) is 0 Å². The Hall–Kier alpha value is -0.120. The van der Waals surface area contributed by atoms with Crippen LogP contribution in [0.2, 0.25) is 0 Å². The Balaban J connectivity index is 1.59. The SMILES string of the molecule is CC(CC1CCCN1)NCC1CCCC(O)C1. The summed E-state index contributed by atoms with van der Waals surface area (Å²) in [4.78, 5) is 0. The molecular weight excluding hydrogens is 212 g/mol. The van der Waals surface area contributed by atoms with Gasteiger partial charge in [-0.25, -0.2) is 0 Å². The molecule has 2 fully saturated rings. The van der Waals surface area contributed by atoms with Crippen LogP contribution < -0.4 is 10.6 Å². The maximum atomic E-state index is 9.64. The predicted molar refractivity (Wildman–Crippen MR) is 71.1 cm³/mol. The summed E-state index contributed by atoms with van der Waals surface area (Å²) in [5.41, 5.74) is 0. The summed E-state index contributed by atoms with van der Waals surface area (Å²) in [7, 11) is 0. The van der Waals surface area contributed by atoms with E-state index in [-0.39, 0.29) is 6.10 Å². The third-order valence-corrected chi connectivity index (χ3v) is 4.31. The molecule has 100 valence electrons. The minimum Gasteiger partial charge on any atom is -0.393 e. The molecule has 2 rings (SSSR count). The van der Waals surface area contributed by atoms with Crippen molar-refractivity contribution in [1.82, 2.24) is 10.6 Å². The lowest BCUT2D eigenvalue weighted by Gasteiger charge is -2.28. The van der Waals surface area contributed by atoms with Crippen LogP contribution >= 0.6 is 0 Å². The Morgan fingerprint density at radius 2 is 2.18 bits per heavy atom. The molecule has 1 saturated carbocycles. The maximum absolute atomic E-state index is 9.64. The van der Waals surface area contributed by atoms with E-state index in [4.69, 9.17) is 0 Å². The quantitative estimate of drug-likeness (QED) is 0.685. The molecule has 3 heteroatoms. The molecule has 0 spiro atoms. The molecule has 1 heterocycles. The Morgan fingerprint density at radius 3 is 2.88 bits per heavy atom. The van der Waals surface area contributed by atoms with Crippen molar-refractivity contribution in [3.63, 3.8) is 0 Å². The number of aliphatic hydroxyl groups excluding tert-OH is 1. The first-order valence-electron chi connectivity index (χ1n) is 7.39. The summed E-state index contributed by atoms with van der Waals surface area (Å²) in [5, 5.41) is 16.8. The van der Waals surface area contributed by atoms with Crippen molar-refractivity contribution in [3.8, 4) is 0 Å². The molecule has 3 N–H and O–H groups in total. The highest BCUT2D eigenvalue weighted by molar-refractivity contribution is 4.80. The van der Waals surface area contributed by atoms with Crippen molar-refractivity contribution in [2.75, 3.05) is 13.1 Å². The number of nitrogens with one attached hydrogen (secondary N) is 2. The van der Waals surface area contributed by atoms with Gasteiger partial charge in [0.2, 0.25) is 0 Å². The van der Waals surface area contributed by atoms with E-state index < -0.39 is 0 Å². The molecule has 3 nitrogen and oxygen atoms in total. The molecular formula is C14H28N2O. The molecule has 1 aliphatic carbocycles. The van der Waals surface area contributed by atoms with Crippen molar-refractivity contribution in [2.24, 2.45) is 5.92 Å². The van der Waals surface area contributed by atoms with Gasteiger partial charge in [-0.05, 0) is 64.5 Å². The first-order chi connectivity index (χ1) is 8.24. The van der Waals surface area contributed by atoms with Gasteiger partial charge in [0.25, 0.3) is 0 Å². The highest BCUT2D eigenvalue weighted by Crippen LogP contribution is 2.23. The minimum atomic E-state index is -0.0395. The average molecular weight is 240 g/mol. The van der Waals surface area contributed by atoms with Gasteiger partial charge in [0.05, 0.1) is 6.10 Å². The van der Waals surface area contributed by atoms with Crippen LogP contribution in [0.15, 0.2) is 0 Å². The molecule has 1 saturated heterocycles. The molecule has 4 unspecified atom stereocenters. The van der Waals surface area contributed by atoms with Crippen molar-refractivity contribution >= 4 is 0 Å². The Labute approximate surface area is 105 Å². The molecule has 17 heavy (non-hydrogen) atoms. The summed E-state index contributed by atoms with van der Waals surface area (Å²) < 4.78 is 0. The minimum absolute atomic E-state index is 0.0395. The van der Waals surface area contributed by atoms with Gasteiger partial charge < -0.3 is 15.7 Å². The zero-order valence-corrected chi connectivity index (χ0v) is 11.1. The second kappa shape index (κ2) is 6.72. The highest BCUT2D eigenvalue weighted by atomic mass is 16.3. The highest BCUT2D eigenvalue weighted by Gasteiger charge is 2.21. The molecule has 0 aromatic rings. The van der Waals surface area contributed by atoms with Gasteiger partial charge in [0, 0.05) is 12.1 Å². The molecule has 0 amide bonds. The van der Waals surface area contributed by atoms with E-state index in [1.165, 1.54) is 38.6 Å². The van der Waals surface area contributed by atoms with Crippen molar-refractivity contribution in [1.29, 1.82) is 0 Å². The smallest absolute Gasteiger partial charge is 0.0543 e. The van der Waals surface area contributed by atoms with Crippen LogP contribution in [-0.2, 0) is 0 Å². The van der Waals surface area contributed by atoms with E-state index in [1.54, 1.807) is 0 Å². The zero-order chi connectivity index (χ0) is 12.1. The molecule has 0 aromatic carbocycles. The fraction of sp³-hybridized carbons (Fsp3) is 1.00. The zero-order valence-electron chi connectivity index (χ0n) is 11.1. The Morgan fingerprint density at radius 1 is 1.29 bits per heavy atom. The maximum Gasteiger partial charge on any atom is 0.0543 e. The van der Waals surface area contributed by atoms with E-state index in [0.717, 1.165) is 25.4 Å². The number of aliphatic hydroxyl groups is 1. The van der Waals surface area contributed by atoms with E-state index >= 15 is 0 Å². The summed E-state index contributed by atoms with van der Waals surface area (Å²) in [6, 6.07) is 1.33. The molecule has 0 radical (unpaired) electrons. The fourth-order valence-electron chi connectivity index (χ4n) is 3.28. The monoisotopic (exact) mass is 240 g/mol. The lowest BCUT2D eigenvalue weighted by molar-refractivity contribution is 0.0995. The van der Waals surface area contributed by atoms with Crippen LogP contribution in [0.5, 0.6) is 0 Å². The third-order valence-electron chi connectivity index (χ3n) is 4.31. The van der Waals surface area contributed by atoms with E-state index in [2.05, 4.69) is 17.6 Å². The summed E-state index contributed by atoms with van der Waals surface area (Å²) in [6.07, 6.45) is 8.39. The van der Waals surface area contributed by atoms with Crippen LogP contribution in [0.3, 0.4) is 0 Å². The second-order valence-electron chi connectivity index (χ2n) is 6.02. The first kappa shape index (κ1) is 13.3. The fourth-order valence-corrected chi connectivity index (χ4v) is 3.28. The molecule has 4 atom stereocenters. The summed E-state index contributed by atoms with van der Waals surface area (Å²) in [6.45, 7) is 4.58. The number of rotatable bonds is 5. The van der Waals surface area contributed by atoms with Crippen LogP contribution in [0.25, 0.3) is 0 Å². The topological polar surface area (TPSA) is 44.3 Å². The van der Waals surface area contributed by atoms with Crippen LogP contribution in [0, 0.1) is 5.92 Å². The number of hydrogen-bond donors (Lipinski definition) is 3. The largest absolute Gasteiger partial charge is 0.393 e. The Kier molecular flexibility index (Phi) is 5.26. The van der Waals surface area contributed by atoms with Crippen molar-refractivity contribution < 1.29 is 5.11 Å². The lowest BCUT2D eigenvalue weighted by atomic mass is 9.87. The molecule has 2 aliphatic rings. The average Bonchev–Trinajstić information content (AvgIpc) is 2.79. The van der Waals surface area contributed by atoms with Crippen LogP contribution in [0.1, 0.15) is 51.9 Å². The number of hydrogen-bond acceptors (Lipinski definition) is 3. The van der Waals surface area contributed by atoms with Gasteiger partial charge in [-0.2, -0.15) is 0 Å². The summed E-state index contributed by atoms with van der Waals surface area (Å²) >= 11 is 0. The molecule has 0 aromatic heterocycles. The van der Waals surface area contributed by atoms with Crippen molar-refractivity contribution in [2.45, 2.75) is 70.1 Å². The van der Waals surface area contributed by atoms with Gasteiger partial charge in [-0.15, -0.1) is 0 Å².